The molecule has 3 nitrogen and oxygen atoms in total. The molecule has 0 fully saturated rings. The summed E-state index contributed by atoms with van der Waals surface area (Å²) in [6.45, 7) is 4.12. The molecule has 0 amide bonds. The molecule has 1 aromatic heterocycles. The third-order valence-electron chi connectivity index (χ3n) is 2.10. The molecule has 0 unspecified atom stereocenters. The monoisotopic (exact) mass is 193 g/mol. The molecule has 0 aromatic carbocycles. The number of hydrogen-bond donors (Lipinski definition) is 1. The van der Waals surface area contributed by atoms with E-state index in [0.717, 1.165) is 25.3 Å². The highest BCUT2D eigenvalue weighted by Crippen LogP contribution is 2.06. The minimum atomic E-state index is 0.938. The summed E-state index contributed by atoms with van der Waals surface area (Å²) in [6, 6.07) is 4.16. The Bertz CT molecular complexity index is 271. The summed E-state index contributed by atoms with van der Waals surface area (Å²) >= 11 is 0. The highest BCUT2D eigenvalue weighted by Gasteiger charge is 1.95. The fourth-order valence-electron chi connectivity index (χ4n) is 1.20. The third kappa shape index (κ3) is 3.75. The van der Waals surface area contributed by atoms with E-state index in [1.165, 1.54) is 5.56 Å². The Balaban J connectivity index is 2.42. The zero-order valence-electron chi connectivity index (χ0n) is 9.25. The quantitative estimate of drug-likeness (QED) is 0.770. The van der Waals surface area contributed by atoms with Gasteiger partial charge in [0, 0.05) is 19.3 Å². The first-order valence-corrected chi connectivity index (χ1v) is 5.06. The van der Waals surface area contributed by atoms with Crippen LogP contribution in [0.2, 0.25) is 0 Å². The predicted molar refractivity (Wildman–Crippen MR) is 60.7 cm³/mol. The second kappa shape index (κ2) is 5.60. The second-order valence-corrected chi connectivity index (χ2v) is 3.63. The fourth-order valence-corrected chi connectivity index (χ4v) is 1.20. The Hall–Kier alpha value is -1.09. The van der Waals surface area contributed by atoms with Gasteiger partial charge < -0.3 is 10.2 Å². The molecule has 0 aliphatic heterocycles. The van der Waals surface area contributed by atoms with E-state index in [9.17, 15) is 0 Å². The first-order chi connectivity index (χ1) is 6.72. The third-order valence-corrected chi connectivity index (χ3v) is 2.10. The number of pyridine rings is 1. The van der Waals surface area contributed by atoms with Crippen LogP contribution in [0.15, 0.2) is 18.3 Å². The molecule has 0 saturated heterocycles. The van der Waals surface area contributed by atoms with Crippen molar-refractivity contribution in [1.29, 1.82) is 0 Å². The smallest absolute Gasteiger partial charge is 0.126 e. The van der Waals surface area contributed by atoms with Gasteiger partial charge in [0.05, 0.1) is 0 Å². The highest BCUT2D eigenvalue weighted by atomic mass is 15.1. The fraction of sp³-hybridized carbons (Fsp3) is 0.545. The first-order valence-electron chi connectivity index (χ1n) is 5.06. The van der Waals surface area contributed by atoms with Gasteiger partial charge in [-0.3, -0.25) is 0 Å². The number of aromatic nitrogens is 1. The maximum Gasteiger partial charge on any atom is 0.126 e. The van der Waals surface area contributed by atoms with E-state index in [-0.39, 0.29) is 0 Å². The van der Waals surface area contributed by atoms with Crippen molar-refractivity contribution in [2.75, 3.05) is 32.5 Å². The van der Waals surface area contributed by atoms with Crippen molar-refractivity contribution in [2.24, 2.45) is 0 Å². The van der Waals surface area contributed by atoms with E-state index in [1.54, 1.807) is 0 Å². The minimum absolute atomic E-state index is 0.938. The number of anilines is 1. The first kappa shape index (κ1) is 11.0. The van der Waals surface area contributed by atoms with Crippen LogP contribution in [0, 0.1) is 0 Å². The van der Waals surface area contributed by atoms with Crippen molar-refractivity contribution in [3.63, 3.8) is 0 Å². The number of aryl methyl sites for hydroxylation is 1. The van der Waals surface area contributed by atoms with E-state index in [0.29, 0.717) is 0 Å². The molecule has 1 aromatic rings. The summed E-state index contributed by atoms with van der Waals surface area (Å²) in [5.74, 6) is 0.978. The van der Waals surface area contributed by atoms with Gasteiger partial charge in [-0.05, 0) is 38.2 Å². The Morgan fingerprint density at radius 1 is 1.43 bits per heavy atom. The van der Waals surface area contributed by atoms with Gasteiger partial charge in [-0.1, -0.05) is 6.92 Å². The maximum absolute atomic E-state index is 4.25. The lowest BCUT2D eigenvalue weighted by molar-refractivity contribution is 0.425. The normalized spacial score (nSPS) is 10.6. The van der Waals surface area contributed by atoms with Crippen LogP contribution in [0.5, 0.6) is 0 Å². The van der Waals surface area contributed by atoms with Gasteiger partial charge in [0.1, 0.15) is 5.82 Å². The number of nitrogens with one attached hydrogen (secondary N) is 1. The van der Waals surface area contributed by atoms with Gasteiger partial charge >= 0.3 is 0 Å². The Labute approximate surface area is 86.2 Å². The van der Waals surface area contributed by atoms with E-state index in [4.69, 9.17) is 0 Å². The molecular formula is C11H19N3. The summed E-state index contributed by atoms with van der Waals surface area (Å²) in [5, 5.41) is 3.30. The van der Waals surface area contributed by atoms with Crippen LogP contribution in [0.25, 0.3) is 0 Å². The molecule has 0 bridgehead atoms. The van der Waals surface area contributed by atoms with Gasteiger partial charge in [0.2, 0.25) is 0 Å². The maximum atomic E-state index is 4.25. The molecule has 0 atom stereocenters. The zero-order chi connectivity index (χ0) is 10.4. The molecule has 0 saturated carbocycles. The molecule has 0 aliphatic carbocycles. The lowest BCUT2D eigenvalue weighted by Gasteiger charge is -2.11. The van der Waals surface area contributed by atoms with Crippen LogP contribution in [0.4, 0.5) is 5.82 Å². The lowest BCUT2D eigenvalue weighted by Crippen LogP contribution is -2.21. The Morgan fingerprint density at radius 2 is 2.21 bits per heavy atom. The average Bonchev–Trinajstić information content (AvgIpc) is 2.18. The van der Waals surface area contributed by atoms with Crippen LogP contribution in [-0.2, 0) is 6.42 Å². The van der Waals surface area contributed by atoms with Crippen LogP contribution >= 0.6 is 0 Å². The van der Waals surface area contributed by atoms with Crippen molar-refractivity contribution in [1.82, 2.24) is 9.88 Å². The number of likely N-dealkylation sites (N-methyl/N-ethyl adjacent to an activating group) is 1. The predicted octanol–water partition coefficient (Wildman–Crippen LogP) is 1.62. The van der Waals surface area contributed by atoms with Gasteiger partial charge in [-0.2, -0.15) is 0 Å². The molecule has 1 N–H and O–H groups in total. The molecule has 1 rings (SSSR count). The SMILES string of the molecule is CCc1ccnc(NCCN(C)C)c1. The number of hydrogen-bond acceptors (Lipinski definition) is 3. The Kier molecular flexibility index (Phi) is 4.40. The largest absolute Gasteiger partial charge is 0.369 e. The summed E-state index contributed by atoms with van der Waals surface area (Å²) < 4.78 is 0. The highest BCUT2D eigenvalue weighted by molar-refractivity contribution is 5.37. The molecule has 0 aliphatic rings. The van der Waals surface area contributed by atoms with E-state index in [1.807, 2.05) is 6.20 Å². The summed E-state index contributed by atoms with van der Waals surface area (Å²) in [6.07, 6.45) is 2.92. The summed E-state index contributed by atoms with van der Waals surface area (Å²) in [5.41, 5.74) is 1.33. The Morgan fingerprint density at radius 3 is 2.86 bits per heavy atom. The minimum Gasteiger partial charge on any atom is -0.369 e. The van der Waals surface area contributed by atoms with E-state index >= 15 is 0 Å². The molecular weight excluding hydrogens is 174 g/mol. The zero-order valence-corrected chi connectivity index (χ0v) is 9.25. The average molecular weight is 193 g/mol. The van der Waals surface area contributed by atoms with Crippen LogP contribution < -0.4 is 5.32 Å². The van der Waals surface area contributed by atoms with E-state index < -0.39 is 0 Å². The molecule has 78 valence electrons. The molecule has 1 heterocycles. The number of rotatable bonds is 5. The van der Waals surface area contributed by atoms with Crippen molar-refractivity contribution < 1.29 is 0 Å². The molecule has 0 radical (unpaired) electrons. The van der Waals surface area contributed by atoms with E-state index in [2.05, 4.69) is 48.4 Å². The van der Waals surface area contributed by atoms with Crippen LogP contribution in [-0.4, -0.2) is 37.1 Å². The van der Waals surface area contributed by atoms with Crippen molar-refractivity contribution in [3.8, 4) is 0 Å². The molecule has 14 heavy (non-hydrogen) atoms. The summed E-state index contributed by atoms with van der Waals surface area (Å²) in [7, 11) is 4.13. The molecule has 3 heteroatoms. The van der Waals surface area contributed by atoms with Gasteiger partial charge in [-0.25, -0.2) is 4.98 Å². The second-order valence-electron chi connectivity index (χ2n) is 3.63. The van der Waals surface area contributed by atoms with Crippen molar-refractivity contribution in [2.45, 2.75) is 13.3 Å². The van der Waals surface area contributed by atoms with Crippen molar-refractivity contribution >= 4 is 5.82 Å². The van der Waals surface area contributed by atoms with Crippen LogP contribution in [0.3, 0.4) is 0 Å². The van der Waals surface area contributed by atoms with Crippen LogP contribution in [0.1, 0.15) is 12.5 Å². The van der Waals surface area contributed by atoms with Gasteiger partial charge in [-0.15, -0.1) is 0 Å². The number of nitrogens with zero attached hydrogens (tertiary/aromatic N) is 2. The standard InChI is InChI=1S/C11H19N3/c1-4-10-5-6-12-11(9-10)13-7-8-14(2)3/h5-6,9H,4,7-8H2,1-3H3,(H,12,13). The lowest BCUT2D eigenvalue weighted by atomic mass is 10.2. The topological polar surface area (TPSA) is 28.2 Å². The summed E-state index contributed by atoms with van der Waals surface area (Å²) in [4.78, 5) is 6.40. The van der Waals surface area contributed by atoms with Crippen molar-refractivity contribution in [3.05, 3.63) is 23.9 Å². The van der Waals surface area contributed by atoms with Gasteiger partial charge in [0.25, 0.3) is 0 Å². The van der Waals surface area contributed by atoms with Gasteiger partial charge in [0.15, 0.2) is 0 Å². The molecule has 0 spiro atoms.